The van der Waals surface area contributed by atoms with E-state index < -0.39 is 148 Å². The van der Waals surface area contributed by atoms with E-state index >= 15 is 0 Å². The Hall–Kier alpha value is -2.53. The molecule has 3 saturated heterocycles. The molecule has 0 aromatic heterocycles. The van der Waals surface area contributed by atoms with Gasteiger partial charge in [0.15, 0.2) is 12.6 Å². The van der Waals surface area contributed by atoms with E-state index in [1.807, 2.05) is 0 Å². The molecule has 23 heteroatoms. The summed E-state index contributed by atoms with van der Waals surface area (Å²) in [6.07, 6.45) is 36.4. The zero-order chi connectivity index (χ0) is 76.0. The summed E-state index contributed by atoms with van der Waals surface area (Å²) in [5.41, 5.74) is 0. The van der Waals surface area contributed by atoms with Crippen molar-refractivity contribution in [2.75, 3.05) is 26.4 Å². The lowest BCUT2D eigenvalue weighted by Gasteiger charge is -2.50. The molecule has 14 N–H and O–H groups in total. The van der Waals surface area contributed by atoms with Crippen LogP contribution in [0.5, 0.6) is 0 Å². The predicted molar refractivity (Wildman–Crippen MR) is 403 cm³/mol. The van der Waals surface area contributed by atoms with Crippen molar-refractivity contribution in [2.24, 2.45) is 0 Å². The normalized spacial score (nSPS) is 26.4. The van der Waals surface area contributed by atoms with Gasteiger partial charge in [0.2, 0.25) is 11.8 Å². The standard InChI is InChI=1S/C81H152N2O21/c1-4-6-8-10-12-14-16-18-20-22-24-25-26-27-28-29-30-31-32-33-34-35-37-39-41-43-45-47-49-51-53-55-68(91)83-62(63(88)54-52-50-48-46-44-42-40-38-36-23-21-19-17-15-13-11-9-7-5-2)60-99-78-73(95)72(94)75(67(59-86)101-78)102-79-74(96)77(71(93)66(58-85)100-79)104-81(80(97)98)56-64(89)69(82-61(3)87)76(103-81)70(92)65(90)57-84/h27-28,62-67,69-79,84-86,88-90,92-96H,4-26,29-60H2,1-3H3,(H,82,87)(H,83,91)(H,97,98)/b28-27-. The Bertz CT molecular complexity index is 2120. The van der Waals surface area contributed by atoms with E-state index in [-0.39, 0.29) is 18.9 Å². The molecule has 0 saturated carbocycles. The molecule has 0 radical (unpaired) electrons. The summed E-state index contributed by atoms with van der Waals surface area (Å²) in [5, 5.41) is 137. The van der Waals surface area contributed by atoms with Crippen LogP contribution in [0.4, 0.5) is 0 Å². The number of carbonyl (C=O) groups is 3. The van der Waals surface area contributed by atoms with Crippen LogP contribution in [0, 0.1) is 0 Å². The third-order valence-electron chi connectivity index (χ3n) is 21.5. The van der Waals surface area contributed by atoms with Gasteiger partial charge in [0, 0.05) is 19.8 Å². The topological polar surface area (TPSA) is 373 Å². The summed E-state index contributed by atoms with van der Waals surface area (Å²) in [6, 6.07) is -2.53. The minimum Gasteiger partial charge on any atom is -0.477 e. The fraction of sp³-hybridized carbons (Fsp3) is 0.938. The van der Waals surface area contributed by atoms with Gasteiger partial charge in [-0.2, -0.15) is 0 Å². The number of nitrogens with one attached hydrogen (secondary N) is 2. The third-order valence-corrected chi connectivity index (χ3v) is 21.5. The number of hydrogen-bond donors (Lipinski definition) is 14. The van der Waals surface area contributed by atoms with Gasteiger partial charge in [0.25, 0.3) is 5.79 Å². The Kier molecular flexibility index (Phi) is 55.4. The van der Waals surface area contributed by atoms with Gasteiger partial charge in [0.1, 0.15) is 67.1 Å². The van der Waals surface area contributed by atoms with Crippen LogP contribution in [-0.4, -0.2) is 215 Å². The molecule has 3 rings (SSSR count). The highest BCUT2D eigenvalue weighted by atomic mass is 16.8. The SMILES string of the molecule is CCCCCCCCCCCCCC/C=C\CCCCCCCCCCCCCCCCCC(=O)NC(COC1OC(CO)C(OC2OC(CO)C(O)C(OC3(C(=O)O)CC(O)C(NC(C)=O)C(C(O)C(O)CO)O3)C2O)C(O)C1O)C(O)CCCCCCCCCCCCCCCCCCCCC. The lowest BCUT2D eigenvalue weighted by Crippen LogP contribution is -2.70. The average molecular weight is 1490 g/mol. The first-order valence-corrected chi connectivity index (χ1v) is 42.0. The minimum absolute atomic E-state index is 0.227. The van der Waals surface area contributed by atoms with Crippen molar-refractivity contribution in [2.45, 2.75) is 458 Å². The molecule has 3 aliphatic heterocycles. The second kappa shape index (κ2) is 60.2. The molecule has 0 aromatic rings. The van der Waals surface area contributed by atoms with Crippen molar-refractivity contribution in [3.63, 3.8) is 0 Å². The molecule has 18 atom stereocenters. The smallest absolute Gasteiger partial charge is 0.364 e. The van der Waals surface area contributed by atoms with Crippen LogP contribution >= 0.6 is 0 Å². The predicted octanol–water partition coefficient (Wildman–Crippen LogP) is 11.7. The van der Waals surface area contributed by atoms with Crippen molar-refractivity contribution in [3.05, 3.63) is 12.2 Å². The number of aliphatic carboxylic acids is 1. The van der Waals surface area contributed by atoms with Crippen molar-refractivity contribution < 1.29 is 104 Å². The number of carboxylic acid groups (broad SMARTS) is 1. The summed E-state index contributed by atoms with van der Waals surface area (Å²) < 4.78 is 35.0. The van der Waals surface area contributed by atoms with E-state index in [0.29, 0.717) is 19.3 Å². The molecule has 0 aromatic carbocycles. The van der Waals surface area contributed by atoms with E-state index in [1.165, 1.54) is 244 Å². The number of carbonyl (C=O) groups excluding carboxylic acids is 2. The Morgan fingerprint density at radius 1 is 0.490 bits per heavy atom. The molecule has 23 nitrogen and oxygen atoms in total. The van der Waals surface area contributed by atoms with E-state index in [9.17, 15) is 75.7 Å². The number of aliphatic hydroxyl groups is 11. The summed E-state index contributed by atoms with van der Waals surface area (Å²) in [5.74, 6) is -6.09. The number of ether oxygens (including phenoxy) is 6. The van der Waals surface area contributed by atoms with Crippen molar-refractivity contribution in [3.8, 4) is 0 Å². The zero-order valence-corrected chi connectivity index (χ0v) is 64.9. The number of hydrogen-bond acceptors (Lipinski definition) is 20. The first kappa shape index (κ1) is 95.7. The lowest BCUT2D eigenvalue weighted by molar-refractivity contribution is -0.386. The largest absolute Gasteiger partial charge is 0.477 e. The van der Waals surface area contributed by atoms with E-state index in [2.05, 4.69) is 36.6 Å². The number of amides is 2. The van der Waals surface area contributed by atoms with Crippen LogP contribution in [-0.2, 0) is 42.8 Å². The highest BCUT2D eigenvalue weighted by Crippen LogP contribution is 2.39. The van der Waals surface area contributed by atoms with Crippen LogP contribution in [0.15, 0.2) is 12.2 Å². The molecule has 3 heterocycles. The minimum atomic E-state index is -3.08. The molecule has 3 fully saturated rings. The molecular formula is C81H152N2O21. The number of carboxylic acids is 1. The Morgan fingerprint density at radius 2 is 0.894 bits per heavy atom. The van der Waals surface area contributed by atoms with Crippen molar-refractivity contribution in [1.29, 1.82) is 0 Å². The van der Waals surface area contributed by atoms with Gasteiger partial charge < -0.3 is 100 Å². The summed E-state index contributed by atoms with van der Waals surface area (Å²) in [4.78, 5) is 38.7. The Balaban J connectivity index is 1.47. The highest BCUT2D eigenvalue weighted by molar-refractivity contribution is 5.77. The van der Waals surface area contributed by atoms with E-state index in [1.54, 1.807) is 0 Å². The molecule has 18 unspecified atom stereocenters. The van der Waals surface area contributed by atoms with Crippen molar-refractivity contribution in [1.82, 2.24) is 10.6 Å². The molecule has 0 bridgehead atoms. The second-order valence-electron chi connectivity index (χ2n) is 30.7. The maximum Gasteiger partial charge on any atom is 0.364 e. The maximum absolute atomic E-state index is 13.6. The third kappa shape index (κ3) is 39.9. The first-order chi connectivity index (χ1) is 50.4. The fourth-order valence-corrected chi connectivity index (χ4v) is 14.8. The lowest BCUT2D eigenvalue weighted by atomic mass is 9.88. The molecule has 104 heavy (non-hydrogen) atoms. The van der Waals surface area contributed by atoms with Gasteiger partial charge in [-0.25, -0.2) is 4.79 Å². The van der Waals surface area contributed by atoms with Gasteiger partial charge in [-0.15, -0.1) is 0 Å². The van der Waals surface area contributed by atoms with E-state index in [4.69, 9.17) is 28.4 Å². The Labute approximate surface area is 626 Å². The molecule has 0 aliphatic carbocycles. The van der Waals surface area contributed by atoms with Gasteiger partial charge >= 0.3 is 5.97 Å². The van der Waals surface area contributed by atoms with Crippen LogP contribution < -0.4 is 10.6 Å². The van der Waals surface area contributed by atoms with Gasteiger partial charge in [-0.3, -0.25) is 9.59 Å². The molecule has 0 spiro atoms. The van der Waals surface area contributed by atoms with Gasteiger partial charge in [-0.1, -0.05) is 302 Å². The second-order valence-corrected chi connectivity index (χ2v) is 30.7. The zero-order valence-electron chi connectivity index (χ0n) is 64.9. The molecule has 3 aliphatic rings. The van der Waals surface area contributed by atoms with Crippen LogP contribution in [0.25, 0.3) is 0 Å². The monoisotopic (exact) mass is 1490 g/mol. The number of rotatable bonds is 67. The number of unbranched alkanes of at least 4 members (excludes halogenated alkanes) is 45. The Morgan fingerprint density at radius 3 is 1.30 bits per heavy atom. The maximum atomic E-state index is 13.6. The summed E-state index contributed by atoms with van der Waals surface area (Å²) in [6.45, 7) is 2.27. The van der Waals surface area contributed by atoms with E-state index in [0.717, 1.165) is 58.3 Å². The number of allylic oxidation sites excluding steroid dienone is 2. The number of aliphatic hydroxyl groups excluding tert-OH is 11. The first-order valence-electron chi connectivity index (χ1n) is 42.0. The molecule has 612 valence electrons. The van der Waals surface area contributed by atoms with Gasteiger partial charge in [-0.05, 0) is 38.5 Å². The fourth-order valence-electron chi connectivity index (χ4n) is 14.8. The quantitative estimate of drug-likeness (QED) is 0.0199. The average Bonchev–Trinajstić information content (AvgIpc) is 0.755. The summed E-state index contributed by atoms with van der Waals surface area (Å²) in [7, 11) is 0. The molecular weight excluding hydrogens is 1340 g/mol. The summed E-state index contributed by atoms with van der Waals surface area (Å²) >= 11 is 0. The van der Waals surface area contributed by atoms with Crippen LogP contribution in [0.3, 0.4) is 0 Å². The van der Waals surface area contributed by atoms with Crippen molar-refractivity contribution >= 4 is 17.8 Å². The van der Waals surface area contributed by atoms with Gasteiger partial charge in [0.05, 0.1) is 50.7 Å². The van der Waals surface area contributed by atoms with Crippen LogP contribution in [0.1, 0.15) is 348 Å². The molecule has 2 amide bonds. The highest BCUT2D eigenvalue weighted by Gasteiger charge is 2.60. The van der Waals surface area contributed by atoms with Crippen LogP contribution in [0.2, 0.25) is 0 Å².